The van der Waals surface area contributed by atoms with Gasteiger partial charge in [0, 0.05) is 18.2 Å². The molecular formula is C16H15N3O2. The van der Waals surface area contributed by atoms with Crippen LogP contribution in [0.2, 0.25) is 0 Å². The van der Waals surface area contributed by atoms with Gasteiger partial charge < -0.3 is 15.4 Å². The number of nitrogen functional groups attached to an aromatic ring is 1. The summed E-state index contributed by atoms with van der Waals surface area (Å²) in [7, 11) is 0. The molecule has 5 heteroatoms. The van der Waals surface area contributed by atoms with E-state index in [1.807, 2.05) is 31.2 Å². The largest absolute Gasteiger partial charge is 0.507 e. The van der Waals surface area contributed by atoms with Crippen molar-refractivity contribution in [1.29, 1.82) is 0 Å². The van der Waals surface area contributed by atoms with Crippen molar-refractivity contribution in [3.8, 4) is 17.2 Å². The Morgan fingerprint density at radius 2 is 1.90 bits per heavy atom. The summed E-state index contributed by atoms with van der Waals surface area (Å²) in [6.07, 6.45) is 0.583. The van der Waals surface area contributed by atoms with Crippen LogP contribution < -0.4 is 5.73 Å². The van der Waals surface area contributed by atoms with E-state index in [1.54, 1.807) is 12.1 Å². The van der Waals surface area contributed by atoms with Gasteiger partial charge in [0.25, 0.3) is 5.89 Å². The molecule has 0 spiro atoms. The Bertz CT molecular complexity index is 763. The Balaban J connectivity index is 1.84. The van der Waals surface area contributed by atoms with Crippen LogP contribution in [0.1, 0.15) is 17.0 Å². The molecule has 0 radical (unpaired) electrons. The van der Waals surface area contributed by atoms with Crippen LogP contribution in [0, 0.1) is 6.92 Å². The highest BCUT2D eigenvalue weighted by Crippen LogP contribution is 2.29. The topological polar surface area (TPSA) is 85.2 Å². The number of rotatable bonds is 3. The zero-order valence-electron chi connectivity index (χ0n) is 11.6. The fourth-order valence-corrected chi connectivity index (χ4v) is 2.05. The van der Waals surface area contributed by atoms with E-state index >= 15 is 0 Å². The molecule has 0 unspecified atom stereocenters. The number of anilines is 1. The second kappa shape index (κ2) is 5.28. The Hall–Kier alpha value is -2.82. The molecule has 3 aromatic rings. The predicted molar refractivity (Wildman–Crippen MR) is 79.8 cm³/mol. The van der Waals surface area contributed by atoms with Gasteiger partial charge in [-0.1, -0.05) is 35.0 Å². The molecule has 0 saturated carbocycles. The minimum absolute atomic E-state index is 0.0283. The molecule has 2 aromatic carbocycles. The second-order valence-corrected chi connectivity index (χ2v) is 4.95. The smallest absolute Gasteiger partial charge is 0.261 e. The molecule has 0 aliphatic heterocycles. The molecule has 1 aromatic heterocycles. The summed E-state index contributed by atoms with van der Waals surface area (Å²) >= 11 is 0. The van der Waals surface area contributed by atoms with Crippen molar-refractivity contribution in [1.82, 2.24) is 10.1 Å². The van der Waals surface area contributed by atoms with Crippen LogP contribution in [-0.2, 0) is 6.42 Å². The number of phenols is 1. The van der Waals surface area contributed by atoms with E-state index in [-0.39, 0.29) is 11.6 Å². The predicted octanol–water partition coefficient (Wildman–Crippen LogP) is 2.92. The van der Waals surface area contributed by atoms with E-state index in [9.17, 15) is 5.11 Å². The van der Waals surface area contributed by atoms with Gasteiger partial charge in [0.15, 0.2) is 5.82 Å². The summed E-state index contributed by atoms with van der Waals surface area (Å²) in [5, 5.41) is 13.8. The lowest BCUT2D eigenvalue weighted by Crippen LogP contribution is -1.91. The Kier molecular flexibility index (Phi) is 3.31. The van der Waals surface area contributed by atoms with E-state index in [0.29, 0.717) is 23.5 Å². The van der Waals surface area contributed by atoms with E-state index in [0.717, 1.165) is 5.56 Å². The van der Waals surface area contributed by atoms with Crippen LogP contribution >= 0.6 is 0 Å². The van der Waals surface area contributed by atoms with Gasteiger partial charge >= 0.3 is 0 Å². The summed E-state index contributed by atoms with van der Waals surface area (Å²) in [6, 6.07) is 13.0. The molecule has 0 saturated heterocycles. The molecule has 5 nitrogen and oxygen atoms in total. The zero-order valence-corrected chi connectivity index (χ0v) is 11.6. The molecule has 0 aliphatic rings. The van der Waals surface area contributed by atoms with Crippen LogP contribution in [0.15, 0.2) is 47.0 Å². The van der Waals surface area contributed by atoms with Crippen LogP contribution in [0.5, 0.6) is 5.75 Å². The van der Waals surface area contributed by atoms with Crippen molar-refractivity contribution in [2.45, 2.75) is 13.3 Å². The maximum Gasteiger partial charge on any atom is 0.261 e. The first-order chi connectivity index (χ1) is 10.1. The normalized spacial score (nSPS) is 10.7. The van der Waals surface area contributed by atoms with Crippen LogP contribution in [0.3, 0.4) is 0 Å². The average Bonchev–Trinajstić information content (AvgIpc) is 2.90. The van der Waals surface area contributed by atoms with Gasteiger partial charge in [-0.15, -0.1) is 0 Å². The number of aryl methyl sites for hydroxylation is 1. The third kappa shape index (κ3) is 2.86. The fraction of sp³-hybridized carbons (Fsp3) is 0.125. The zero-order chi connectivity index (χ0) is 14.8. The van der Waals surface area contributed by atoms with Crippen molar-refractivity contribution in [3.05, 3.63) is 59.4 Å². The Morgan fingerprint density at radius 3 is 2.62 bits per heavy atom. The number of aromatic nitrogens is 2. The van der Waals surface area contributed by atoms with E-state index in [2.05, 4.69) is 10.1 Å². The first-order valence-corrected chi connectivity index (χ1v) is 6.59. The Morgan fingerprint density at radius 1 is 1.14 bits per heavy atom. The molecular weight excluding hydrogens is 266 g/mol. The van der Waals surface area contributed by atoms with Crippen LogP contribution in [0.25, 0.3) is 11.5 Å². The van der Waals surface area contributed by atoms with Crippen molar-refractivity contribution in [2.75, 3.05) is 5.73 Å². The van der Waals surface area contributed by atoms with Crippen molar-refractivity contribution >= 4 is 5.69 Å². The first kappa shape index (κ1) is 13.2. The van der Waals surface area contributed by atoms with Gasteiger partial charge in [-0.25, -0.2) is 0 Å². The maximum absolute atomic E-state index is 9.87. The first-order valence-electron chi connectivity index (χ1n) is 6.59. The van der Waals surface area contributed by atoms with E-state index in [4.69, 9.17) is 10.3 Å². The molecule has 3 rings (SSSR count). The molecule has 0 aliphatic carbocycles. The van der Waals surface area contributed by atoms with Crippen molar-refractivity contribution < 1.29 is 9.63 Å². The molecule has 0 bridgehead atoms. The van der Waals surface area contributed by atoms with Gasteiger partial charge in [-0.05, 0) is 24.6 Å². The molecule has 106 valence electrons. The molecule has 0 fully saturated rings. The summed E-state index contributed by atoms with van der Waals surface area (Å²) < 4.78 is 5.21. The maximum atomic E-state index is 9.87. The molecule has 21 heavy (non-hydrogen) atoms. The van der Waals surface area contributed by atoms with Crippen molar-refractivity contribution in [2.24, 2.45) is 0 Å². The fourth-order valence-electron chi connectivity index (χ4n) is 2.05. The average molecular weight is 281 g/mol. The van der Waals surface area contributed by atoms with Crippen LogP contribution in [0.4, 0.5) is 5.69 Å². The highest BCUT2D eigenvalue weighted by atomic mass is 16.5. The third-order valence-corrected chi connectivity index (χ3v) is 3.20. The standard InChI is InChI=1S/C16H15N3O2/c1-10-2-4-11(5-3-10)8-15-18-16(21-19-15)13-7-6-12(17)9-14(13)20/h2-7,9,20H,8,17H2,1H3. The summed E-state index contributed by atoms with van der Waals surface area (Å²) in [5.41, 5.74) is 8.87. The Labute approximate surface area is 122 Å². The molecule has 0 amide bonds. The SMILES string of the molecule is Cc1ccc(Cc2noc(-c3ccc(N)cc3O)n2)cc1. The number of nitrogens with two attached hydrogens (primary N) is 1. The lowest BCUT2D eigenvalue weighted by molar-refractivity contribution is 0.418. The summed E-state index contributed by atoms with van der Waals surface area (Å²) in [5.74, 6) is 0.889. The van der Waals surface area contributed by atoms with Gasteiger partial charge in [0.2, 0.25) is 0 Å². The number of hydrogen-bond acceptors (Lipinski definition) is 5. The van der Waals surface area contributed by atoms with Gasteiger partial charge in [-0.2, -0.15) is 4.98 Å². The minimum atomic E-state index is 0.0283. The number of benzene rings is 2. The van der Waals surface area contributed by atoms with E-state index in [1.165, 1.54) is 11.6 Å². The summed E-state index contributed by atoms with van der Waals surface area (Å²) in [6.45, 7) is 2.04. The highest BCUT2D eigenvalue weighted by molar-refractivity contribution is 5.66. The summed E-state index contributed by atoms with van der Waals surface area (Å²) in [4.78, 5) is 4.31. The molecule has 0 atom stereocenters. The second-order valence-electron chi connectivity index (χ2n) is 4.95. The van der Waals surface area contributed by atoms with Gasteiger partial charge in [-0.3, -0.25) is 0 Å². The number of nitrogens with zero attached hydrogens (tertiary/aromatic N) is 2. The lowest BCUT2D eigenvalue weighted by atomic mass is 10.1. The van der Waals surface area contributed by atoms with Gasteiger partial charge in [0.05, 0.1) is 5.56 Å². The minimum Gasteiger partial charge on any atom is -0.507 e. The van der Waals surface area contributed by atoms with Crippen LogP contribution in [-0.4, -0.2) is 15.2 Å². The monoisotopic (exact) mass is 281 g/mol. The molecule has 3 N–H and O–H groups in total. The van der Waals surface area contributed by atoms with E-state index < -0.39 is 0 Å². The lowest BCUT2D eigenvalue weighted by Gasteiger charge is -2.00. The molecule has 1 heterocycles. The number of aromatic hydroxyl groups is 1. The number of phenolic OH excluding ortho intramolecular Hbond substituents is 1. The third-order valence-electron chi connectivity index (χ3n) is 3.20. The van der Waals surface area contributed by atoms with Gasteiger partial charge in [0.1, 0.15) is 5.75 Å². The number of hydrogen-bond donors (Lipinski definition) is 2. The van der Waals surface area contributed by atoms with Crippen molar-refractivity contribution in [3.63, 3.8) is 0 Å². The quantitative estimate of drug-likeness (QED) is 0.721. The highest BCUT2D eigenvalue weighted by Gasteiger charge is 2.13.